The molecule has 0 atom stereocenters. The first-order chi connectivity index (χ1) is 8.51. The molecule has 0 spiro atoms. The van der Waals surface area contributed by atoms with Gasteiger partial charge < -0.3 is 5.11 Å². The third kappa shape index (κ3) is 2.90. The highest BCUT2D eigenvalue weighted by atomic mass is 32.2. The highest BCUT2D eigenvalue weighted by Crippen LogP contribution is 2.48. The summed E-state index contributed by atoms with van der Waals surface area (Å²) in [4.78, 5) is 0.381. The fraction of sp³-hybridized carbons (Fsp3) is 0.545. The van der Waals surface area contributed by atoms with Gasteiger partial charge in [0.25, 0.3) is 0 Å². The second-order valence-corrected chi connectivity index (χ2v) is 7.61. The molecule has 0 aromatic carbocycles. The quantitative estimate of drug-likeness (QED) is 0.818. The van der Waals surface area contributed by atoms with Crippen molar-refractivity contribution in [1.29, 1.82) is 5.26 Å². The van der Waals surface area contributed by atoms with Crippen LogP contribution in [-0.2, 0) is 10.0 Å². The molecule has 0 bridgehead atoms. The molecule has 2 rings (SSSR count). The summed E-state index contributed by atoms with van der Waals surface area (Å²) in [6.45, 7) is 0.439. The number of aliphatic hydroxyl groups is 1. The van der Waals surface area contributed by atoms with Crippen molar-refractivity contribution in [1.82, 2.24) is 4.72 Å². The van der Waals surface area contributed by atoms with Gasteiger partial charge in [-0.3, -0.25) is 0 Å². The Morgan fingerprint density at radius 3 is 2.72 bits per heavy atom. The van der Waals surface area contributed by atoms with Gasteiger partial charge in [-0.15, -0.1) is 11.3 Å². The van der Waals surface area contributed by atoms with E-state index in [0.29, 0.717) is 17.8 Å². The number of hydrogen-bond donors (Lipinski definition) is 2. The predicted molar refractivity (Wildman–Crippen MR) is 67.6 cm³/mol. The Balaban J connectivity index is 2.02. The Kier molecular flexibility index (Phi) is 3.73. The van der Waals surface area contributed by atoms with Gasteiger partial charge in [0.15, 0.2) is 0 Å². The minimum atomic E-state index is -3.53. The zero-order valence-electron chi connectivity index (χ0n) is 9.72. The van der Waals surface area contributed by atoms with Crippen molar-refractivity contribution in [3.63, 3.8) is 0 Å². The van der Waals surface area contributed by atoms with Crippen LogP contribution in [0.2, 0.25) is 0 Å². The van der Waals surface area contributed by atoms with Crippen LogP contribution in [0.5, 0.6) is 0 Å². The summed E-state index contributed by atoms with van der Waals surface area (Å²) >= 11 is 0.963. The number of nitrogens with zero attached hydrogens (tertiary/aromatic N) is 1. The van der Waals surface area contributed by atoms with E-state index < -0.39 is 10.0 Å². The molecule has 1 aromatic rings. The first kappa shape index (κ1) is 13.5. The van der Waals surface area contributed by atoms with Gasteiger partial charge in [-0.1, -0.05) is 0 Å². The van der Waals surface area contributed by atoms with E-state index in [1.165, 1.54) is 12.1 Å². The van der Waals surface area contributed by atoms with Crippen LogP contribution >= 0.6 is 11.3 Å². The van der Waals surface area contributed by atoms with Gasteiger partial charge in [-0.05, 0) is 36.8 Å². The smallest absolute Gasteiger partial charge is 0.250 e. The maximum Gasteiger partial charge on any atom is 0.250 e. The fourth-order valence-corrected chi connectivity index (χ4v) is 4.08. The van der Waals surface area contributed by atoms with Crippen LogP contribution in [0, 0.1) is 16.7 Å². The Morgan fingerprint density at radius 2 is 2.22 bits per heavy atom. The molecule has 7 heteroatoms. The first-order valence-electron chi connectivity index (χ1n) is 5.62. The van der Waals surface area contributed by atoms with Gasteiger partial charge in [0, 0.05) is 13.2 Å². The topological polar surface area (TPSA) is 90.2 Å². The third-order valence-corrected chi connectivity index (χ3v) is 6.08. The molecule has 0 unspecified atom stereocenters. The van der Waals surface area contributed by atoms with Crippen LogP contribution in [0.25, 0.3) is 0 Å². The number of nitrogens with one attached hydrogen (secondary N) is 1. The summed E-state index contributed by atoms with van der Waals surface area (Å²) in [5.74, 6) is 0. The summed E-state index contributed by atoms with van der Waals surface area (Å²) in [7, 11) is -3.53. The summed E-state index contributed by atoms with van der Waals surface area (Å²) in [6.07, 6.45) is 2.53. The van der Waals surface area contributed by atoms with E-state index in [1.54, 1.807) is 0 Å². The first-order valence-corrected chi connectivity index (χ1v) is 7.92. The molecule has 98 valence electrons. The lowest BCUT2D eigenvalue weighted by atomic mass is 10.0. The molecular formula is C11H14N2O3S2. The number of hydrogen-bond acceptors (Lipinski definition) is 5. The lowest BCUT2D eigenvalue weighted by Crippen LogP contribution is -2.30. The molecule has 1 fully saturated rings. The predicted octanol–water partition coefficient (Wildman–Crippen LogP) is 1.06. The van der Waals surface area contributed by atoms with E-state index >= 15 is 0 Å². The number of aliphatic hydroxyl groups excluding tert-OH is 1. The van der Waals surface area contributed by atoms with Crippen LogP contribution in [0.15, 0.2) is 16.3 Å². The van der Waals surface area contributed by atoms with Crippen molar-refractivity contribution in [3.8, 4) is 6.07 Å². The normalized spacial score (nSPS) is 17.3. The zero-order chi connectivity index (χ0) is 13.2. The van der Waals surface area contributed by atoms with Crippen molar-refractivity contribution in [2.24, 2.45) is 5.41 Å². The Hall–Kier alpha value is -0.940. The summed E-state index contributed by atoms with van der Waals surface area (Å²) in [6, 6.07) is 4.86. The van der Waals surface area contributed by atoms with E-state index in [0.717, 1.165) is 24.2 Å². The van der Waals surface area contributed by atoms with Crippen LogP contribution in [-0.4, -0.2) is 26.7 Å². The molecule has 1 heterocycles. The molecule has 0 aliphatic heterocycles. The van der Waals surface area contributed by atoms with Gasteiger partial charge in [0.1, 0.15) is 15.2 Å². The van der Waals surface area contributed by atoms with Crippen LogP contribution in [0.1, 0.15) is 24.1 Å². The van der Waals surface area contributed by atoms with Crippen LogP contribution in [0.4, 0.5) is 0 Å². The minimum Gasteiger partial charge on any atom is -0.396 e. The second kappa shape index (κ2) is 4.97. The van der Waals surface area contributed by atoms with Crippen molar-refractivity contribution < 1.29 is 13.5 Å². The molecule has 5 nitrogen and oxygen atoms in total. The van der Waals surface area contributed by atoms with E-state index in [4.69, 9.17) is 10.4 Å². The molecule has 2 N–H and O–H groups in total. The van der Waals surface area contributed by atoms with Gasteiger partial charge in [0.2, 0.25) is 10.0 Å². The number of sulfonamides is 1. The standard InChI is InChI=1S/C11H14N2O3S2/c12-7-9-1-2-10(17-9)18(15,16)13-8-11(3-4-11)5-6-14/h1-2,13-14H,3-6,8H2. The average molecular weight is 286 g/mol. The van der Waals surface area contributed by atoms with Gasteiger partial charge in [-0.2, -0.15) is 5.26 Å². The zero-order valence-corrected chi connectivity index (χ0v) is 11.4. The van der Waals surface area contributed by atoms with E-state index in [1.807, 2.05) is 6.07 Å². The molecule has 1 aromatic heterocycles. The SMILES string of the molecule is N#Cc1ccc(S(=O)(=O)NCC2(CCO)CC2)s1. The van der Waals surface area contributed by atoms with Gasteiger partial charge in [-0.25, -0.2) is 13.1 Å². The Morgan fingerprint density at radius 1 is 1.50 bits per heavy atom. The summed E-state index contributed by atoms with van der Waals surface area (Å²) < 4.78 is 26.7. The molecule has 0 radical (unpaired) electrons. The van der Waals surface area contributed by atoms with Crippen LogP contribution < -0.4 is 4.72 Å². The van der Waals surface area contributed by atoms with Crippen molar-refractivity contribution in [3.05, 3.63) is 17.0 Å². The number of rotatable bonds is 6. The van der Waals surface area contributed by atoms with E-state index in [-0.39, 0.29) is 16.2 Å². The number of thiophene rings is 1. The third-order valence-electron chi connectivity index (χ3n) is 3.19. The fourth-order valence-electron chi connectivity index (χ4n) is 1.77. The molecule has 1 saturated carbocycles. The van der Waals surface area contributed by atoms with Gasteiger partial charge >= 0.3 is 0 Å². The van der Waals surface area contributed by atoms with Crippen molar-refractivity contribution in [2.75, 3.05) is 13.2 Å². The molecule has 1 aliphatic rings. The van der Waals surface area contributed by atoms with Crippen molar-refractivity contribution in [2.45, 2.75) is 23.5 Å². The monoisotopic (exact) mass is 286 g/mol. The second-order valence-electron chi connectivity index (χ2n) is 4.53. The average Bonchev–Trinajstić information content (AvgIpc) is 2.93. The van der Waals surface area contributed by atoms with Crippen molar-refractivity contribution >= 4 is 21.4 Å². The lowest BCUT2D eigenvalue weighted by Gasteiger charge is -2.13. The highest BCUT2D eigenvalue weighted by Gasteiger charge is 2.42. The summed E-state index contributed by atoms with van der Waals surface area (Å²) in [5.41, 5.74) is -0.0584. The molecular weight excluding hydrogens is 272 g/mol. The minimum absolute atomic E-state index is 0.0584. The number of nitriles is 1. The largest absolute Gasteiger partial charge is 0.396 e. The maximum atomic E-state index is 12.0. The molecule has 18 heavy (non-hydrogen) atoms. The van der Waals surface area contributed by atoms with Crippen LogP contribution in [0.3, 0.4) is 0 Å². The molecule has 0 amide bonds. The Labute approximate surface area is 110 Å². The van der Waals surface area contributed by atoms with Gasteiger partial charge in [0.05, 0.1) is 0 Å². The maximum absolute atomic E-state index is 12.0. The van der Waals surface area contributed by atoms with E-state index in [9.17, 15) is 8.42 Å². The molecule has 1 aliphatic carbocycles. The highest BCUT2D eigenvalue weighted by molar-refractivity contribution is 7.91. The lowest BCUT2D eigenvalue weighted by molar-refractivity contribution is 0.249. The Bertz CT molecular complexity index is 567. The summed E-state index contributed by atoms with van der Waals surface area (Å²) in [5, 5.41) is 17.6. The van der Waals surface area contributed by atoms with E-state index in [2.05, 4.69) is 4.72 Å². The molecule has 0 saturated heterocycles.